The maximum Gasteiger partial charge on any atom is 0.247 e. The molecule has 3 N–H and O–H groups in total. The van der Waals surface area contributed by atoms with Gasteiger partial charge in [0, 0.05) is 30.5 Å². The molecule has 0 spiro atoms. The van der Waals surface area contributed by atoms with E-state index in [0.717, 1.165) is 35.7 Å². The van der Waals surface area contributed by atoms with Crippen molar-refractivity contribution in [1.29, 1.82) is 0 Å². The SMILES string of the molecule is CC(C)C(=O)N(C1CCCCC1)C1CC(C(=O)NCCO)=CC(Oc2ccccc2I)C1O. The molecular weight excluding hydrogens is 535 g/mol. The highest BCUT2D eigenvalue weighted by Gasteiger charge is 2.43. The summed E-state index contributed by atoms with van der Waals surface area (Å²) in [6.07, 6.45) is 5.23. The van der Waals surface area contributed by atoms with Crippen molar-refractivity contribution in [3.8, 4) is 5.75 Å². The topological polar surface area (TPSA) is 99.1 Å². The number of aliphatic hydroxyl groups is 2. The van der Waals surface area contributed by atoms with E-state index in [2.05, 4.69) is 27.9 Å². The van der Waals surface area contributed by atoms with Crippen molar-refractivity contribution in [1.82, 2.24) is 10.2 Å². The minimum absolute atomic E-state index is 0.00370. The summed E-state index contributed by atoms with van der Waals surface area (Å²) in [6.45, 7) is 3.73. The Morgan fingerprint density at radius 1 is 1.21 bits per heavy atom. The summed E-state index contributed by atoms with van der Waals surface area (Å²) >= 11 is 2.17. The molecule has 0 heterocycles. The van der Waals surface area contributed by atoms with E-state index in [1.54, 1.807) is 6.08 Å². The van der Waals surface area contributed by atoms with Gasteiger partial charge in [0.15, 0.2) is 0 Å². The minimum atomic E-state index is -0.972. The van der Waals surface area contributed by atoms with Gasteiger partial charge in [-0.2, -0.15) is 0 Å². The van der Waals surface area contributed by atoms with Gasteiger partial charge in [0.25, 0.3) is 0 Å². The lowest BCUT2D eigenvalue weighted by molar-refractivity contribution is -0.146. The Hall–Kier alpha value is -1.65. The Kier molecular flexibility index (Phi) is 9.57. The highest BCUT2D eigenvalue weighted by Crippen LogP contribution is 2.34. The molecule has 3 atom stereocenters. The highest BCUT2D eigenvalue weighted by atomic mass is 127. The summed E-state index contributed by atoms with van der Waals surface area (Å²) in [7, 11) is 0. The van der Waals surface area contributed by atoms with Gasteiger partial charge in [0.1, 0.15) is 18.0 Å². The van der Waals surface area contributed by atoms with Crippen molar-refractivity contribution in [2.24, 2.45) is 5.92 Å². The monoisotopic (exact) mass is 570 g/mol. The van der Waals surface area contributed by atoms with E-state index in [0.29, 0.717) is 11.3 Å². The number of halogens is 1. The molecule has 0 bridgehead atoms. The average molecular weight is 570 g/mol. The molecule has 7 nitrogen and oxygen atoms in total. The zero-order valence-corrected chi connectivity index (χ0v) is 21.5. The number of amides is 2. The van der Waals surface area contributed by atoms with Crippen molar-refractivity contribution < 1.29 is 24.5 Å². The molecule has 1 aromatic carbocycles. The summed E-state index contributed by atoms with van der Waals surface area (Å²) in [4.78, 5) is 28.1. The molecule has 8 heteroatoms. The fourth-order valence-electron chi connectivity index (χ4n) is 4.71. The molecule has 0 aromatic heterocycles. The van der Waals surface area contributed by atoms with Gasteiger partial charge in [-0.25, -0.2) is 0 Å². The molecule has 1 fully saturated rings. The van der Waals surface area contributed by atoms with E-state index in [-0.39, 0.29) is 43.3 Å². The first-order valence-corrected chi connectivity index (χ1v) is 12.9. The molecule has 0 aliphatic heterocycles. The van der Waals surface area contributed by atoms with Gasteiger partial charge in [-0.15, -0.1) is 0 Å². The molecule has 33 heavy (non-hydrogen) atoms. The van der Waals surface area contributed by atoms with Gasteiger partial charge in [-0.1, -0.05) is 45.2 Å². The van der Waals surface area contributed by atoms with Crippen LogP contribution < -0.4 is 10.1 Å². The van der Waals surface area contributed by atoms with E-state index in [1.165, 1.54) is 0 Å². The van der Waals surface area contributed by atoms with Crippen LogP contribution in [0, 0.1) is 9.49 Å². The predicted octanol–water partition coefficient (Wildman–Crippen LogP) is 3.02. The standard InChI is InChI=1S/C25H35IN2O5/c1-16(2)25(32)28(18-8-4-3-5-9-18)20-14-17(24(31)27-12-13-29)15-22(23(20)30)33-21-11-7-6-10-19(21)26/h6-7,10-11,15-16,18,20,22-23,29-30H,3-5,8-9,12-14H2,1-2H3,(H,27,31). The lowest BCUT2D eigenvalue weighted by Crippen LogP contribution is -2.59. The van der Waals surface area contributed by atoms with Crippen LogP contribution in [0.25, 0.3) is 0 Å². The number of carbonyl (C=O) groups excluding carboxylic acids is 2. The molecule has 182 valence electrons. The molecule has 3 rings (SSSR count). The molecule has 1 aromatic rings. The molecule has 0 saturated heterocycles. The van der Waals surface area contributed by atoms with Gasteiger partial charge >= 0.3 is 0 Å². The van der Waals surface area contributed by atoms with Gasteiger partial charge in [-0.05, 0) is 53.6 Å². The number of benzene rings is 1. The second kappa shape index (κ2) is 12.2. The number of para-hydroxylation sites is 1. The summed E-state index contributed by atoms with van der Waals surface area (Å²) < 4.78 is 7.08. The number of carbonyl (C=O) groups is 2. The third-order valence-corrected chi connectivity index (χ3v) is 7.28. The van der Waals surface area contributed by atoms with Crippen LogP contribution in [0.5, 0.6) is 5.75 Å². The Morgan fingerprint density at radius 3 is 2.55 bits per heavy atom. The predicted molar refractivity (Wildman–Crippen MR) is 135 cm³/mol. The number of aliphatic hydroxyl groups excluding tert-OH is 2. The Labute approximate surface area is 209 Å². The maximum absolute atomic E-state index is 13.4. The third kappa shape index (κ3) is 6.48. The molecular formula is C25H35IN2O5. The summed E-state index contributed by atoms with van der Waals surface area (Å²) in [5.41, 5.74) is 0.465. The van der Waals surface area contributed by atoms with E-state index in [4.69, 9.17) is 9.84 Å². The second-order valence-corrected chi connectivity index (χ2v) is 10.3. The average Bonchev–Trinajstić information content (AvgIpc) is 2.81. The van der Waals surface area contributed by atoms with Crippen molar-refractivity contribution in [2.75, 3.05) is 13.2 Å². The van der Waals surface area contributed by atoms with Crippen LogP contribution in [0.2, 0.25) is 0 Å². The largest absolute Gasteiger partial charge is 0.482 e. The van der Waals surface area contributed by atoms with Crippen LogP contribution in [-0.4, -0.2) is 64.4 Å². The number of hydrogen-bond donors (Lipinski definition) is 3. The summed E-state index contributed by atoms with van der Waals surface area (Å²) in [5, 5.41) is 23.3. The van der Waals surface area contributed by atoms with Crippen LogP contribution in [0.1, 0.15) is 52.4 Å². The van der Waals surface area contributed by atoms with E-state index in [9.17, 15) is 14.7 Å². The molecule has 0 radical (unpaired) electrons. The summed E-state index contributed by atoms with van der Waals surface area (Å²) in [6, 6.07) is 7.00. The smallest absolute Gasteiger partial charge is 0.247 e. The van der Waals surface area contributed by atoms with Crippen molar-refractivity contribution >= 4 is 34.4 Å². The molecule has 2 aliphatic carbocycles. The van der Waals surface area contributed by atoms with Crippen LogP contribution in [0.15, 0.2) is 35.9 Å². The number of ether oxygens (including phenoxy) is 1. The minimum Gasteiger partial charge on any atom is -0.482 e. The zero-order chi connectivity index (χ0) is 24.0. The number of rotatable bonds is 8. The molecule has 1 saturated carbocycles. The number of hydrogen-bond acceptors (Lipinski definition) is 5. The second-order valence-electron chi connectivity index (χ2n) is 9.14. The van der Waals surface area contributed by atoms with Crippen molar-refractivity contribution in [3.05, 3.63) is 39.5 Å². The zero-order valence-electron chi connectivity index (χ0n) is 19.4. The van der Waals surface area contributed by atoms with Gasteiger partial charge < -0.3 is 25.2 Å². The van der Waals surface area contributed by atoms with E-state index >= 15 is 0 Å². The molecule has 3 unspecified atom stereocenters. The quantitative estimate of drug-likeness (QED) is 0.418. The maximum atomic E-state index is 13.4. The van der Waals surface area contributed by atoms with Gasteiger partial charge in [0.2, 0.25) is 11.8 Å². The van der Waals surface area contributed by atoms with Crippen LogP contribution >= 0.6 is 22.6 Å². The Morgan fingerprint density at radius 2 is 1.91 bits per heavy atom. The van der Waals surface area contributed by atoms with Gasteiger partial charge in [0.05, 0.1) is 16.2 Å². The first kappa shape index (κ1) is 26.0. The molecule has 2 amide bonds. The first-order valence-electron chi connectivity index (χ1n) is 11.8. The summed E-state index contributed by atoms with van der Waals surface area (Å²) in [5.74, 6) is 0.0913. The first-order chi connectivity index (χ1) is 15.8. The highest BCUT2D eigenvalue weighted by molar-refractivity contribution is 14.1. The Bertz CT molecular complexity index is 853. The van der Waals surface area contributed by atoms with Crippen molar-refractivity contribution in [2.45, 2.75) is 76.7 Å². The normalized spacial score (nSPS) is 23.7. The fraction of sp³-hybridized carbons (Fsp3) is 0.600. The van der Waals surface area contributed by atoms with Crippen LogP contribution in [0.4, 0.5) is 0 Å². The van der Waals surface area contributed by atoms with Crippen LogP contribution in [0.3, 0.4) is 0 Å². The lowest BCUT2D eigenvalue weighted by atomic mass is 9.84. The van der Waals surface area contributed by atoms with Gasteiger partial charge in [-0.3, -0.25) is 9.59 Å². The number of nitrogens with zero attached hydrogens (tertiary/aromatic N) is 1. The van der Waals surface area contributed by atoms with Crippen LogP contribution in [-0.2, 0) is 9.59 Å². The Balaban J connectivity index is 1.96. The number of nitrogens with one attached hydrogen (secondary N) is 1. The van der Waals surface area contributed by atoms with E-state index < -0.39 is 18.2 Å². The van der Waals surface area contributed by atoms with E-state index in [1.807, 2.05) is 43.0 Å². The fourth-order valence-corrected chi connectivity index (χ4v) is 5.22. The van der Waals surface area contributed by atoms with Crippen molar-refractivity contribution in [3.63, 3.8) is 0 Å². The molecule has 2 aliphatic rings. The lowest BCUT2D eigenvalue weighted by Gasteiger charge is -2.46. The third-order valence-electron chi connectivity index (χ3n) is 6.39.